The molecule has 0 radical (unpaired) electrons. The number of aliphatic carboxylic acids is 1. The molecule has 0 bridgehead atoms. The molecule has 0 spiro atoms. The molecule has 0 aliphatic heterocycles. The number of rotatable bonds is 5. The molecule has 1 rings (SSSR count). The molecular weight excluding hydrogens is 210 g/mol. The lowest BCUT2D eigenvalue weighted by Crippen LogP contribution is -2.23. The zero-order chi connectivity index (χ0) is 12.1. The number of methoxy groups -OCH3 is 1. The third-order valence-corrected chi connectivity index (χ3v) is 2.12. The van der Waals surface area contributed by atoms with E-state index in [0.717, 1.165) is 5.56 Å². The summed E-state index contributed by atoms with van der Waals surface area (Å²) in [6.07, 6.45) is -0.929. The molecule has 0 fully saturated rings. The number of hydrogen-bond donors (Lipinski definition) is 2. The van der Waals surface area contributed by atoms with Crippen molar-refractivity contribution in [1.82, 2.24) is 0 Å². The standard InChI is InChI=1S/C11H15NO4/c1-7(11(13)14)16-10-5-8(6-12)3-4-9(10)15-2/h3-5,7H,6,12H2,1-2H3,(H,13,14). The summed E-state index contributed by atoms with van der Waals surface area (Å²) in [4.78, 5) is 10.7. The van der Waals surface area contributed by atoms with Crippen molar-refractivity contribution in [2.24, 2.45) is 5.73 Å². The number of nitrogens with two attached hydrogens (primary N) is 1. The fraction of sp³-hybridized carbons (Fsp3) is 0.364. The van der Waals surface area contributed by atoms with Crippen molar-refractivity contribution in [2.45, 2.75) is 19.6 Å². The van der Waals surface area contributed by atoms with Gasteiger partial charge in [0.1, 0.15) is 0 Å². The van der Waals surface area contributed by atoms with E-state index in [0.29, 0.717) is 18.0 Å². The molecule has 5 nitrogen and oxygen atoms in total. The molecule has 1 atom stereocenters. The fourth-order valence-corrected chi connectivity index (χ4v) is 1.18. The molecule has 0 saturated carbocycles. The van der Waals surface area contributed by atoms with E-state index >= 15 is 0 Å². The smallest absolute Gasteiger partial charge is 0.344 e. The highest BCUT2D eigenvalue weighted by Gasteiger charge is 2.15. The highest BCUT2D eigenvalue weighted by Crippen LogP contribution is 2.28. The lowest BCUT2D eigenvalue weighted by atomic mass is 10.2. The normalized spacial score (nSPS) is 11.9. The van der Waals surface area contributed by atoms with Crippen molar-refractivity contribution < 1.29 is 19.4 Å². The molecular formula is C11H15NO4. The third kappa shape index (κ3) is 2.87. The second-order valence-electron chi connectivity index (χ2n) is 3.29. The first-order valence-corrected chi connectivity index (χ1v) is 4.85. The van der Waals surface area contributed by atoms with Gasteiger partial charge in [0.05, 0.1) is 7.11 Å². The Kier molecular flexibility index (Phi) is 4.13. The minimum absolute atomic E-state index is 0.363. The molecule has 1 aromatic rings. The molecule has 1 aromatic carbocycles. The fourth-order valence-electron chi connectivity index (χ4n) is 1.18. The van der Waals surface area contributed by atoms with Gasteiger partial charge in [-0.3, -0.25) is 0 Å². The Bertz CT molecular complexity index is 378. The van der Waals surface area contributed by atoms with Gasteiger partial charge in [-0.05, 0) is 24.6 Å². The molecule has 0 aliphatic carbocycles. The Labute approximate surface area is 93.8 Å². The molecule has 1 unspecified atom stereocenters. The summed E-state index contributed by atoms with van der Waals surface area (Å²) < 4.78 is 10.3. The summed E-state index contributed by atoms with van der Waals surface area (Å²) in [5, 5.41) is 8.74. The third-order valence-electron chi connectivity index (χ3n) is 2.12. The second-order valence-corrected chi connectivity index (χ2v) is 3.29. The highest BCUT2D eigenvalue weighted by atomic mass is 16.5. The Morgan fingerprint density at radius 1 is 1.50 bits per heavy atom. The van der Waals surface area contributed by atoms with Gasteiger partial charge in [-0.15, -0.1) is 0 Å². The van der Waals surface area contributed by atoms with Crippen molar-refractivity contribution in [1.29, 1.82) is 0 Å². The van der Waals surface area contributed by atoms with Crippen molar-refractivity contribution in [3.05, 3.63) is 23.8 Å². The summed E-state index contributed by atoms with van der Waals surface area (Å²) in [6.45, 7) is 1.82. The van der Waals surface area contributed by atoms with E-state index in [2.05, 4.69) is 0 Å². The van der Waals surface area contributed by atoms with Crippen LogP contribution in [0.4, 0.5) is 0 Å². The summed E-state index contributed by atoms with van der Waals surface area (Å²) in [5.74, 6) is -0.147. The van der Waals surface area contributed by atoms with Crippen LogP contribution in [0.5, 0.6) is 11.5 Å². The maximum absolute atomic E-state index is 10.7. The molecule has 0 saturated heterocycles. The van der Waals surface area contributed by atoms with E-state index in [1.807, 2.05) is 0 Å². The van der Waals surface area contributed by atoms with Crippen LogP contribution in [0.3, 0.4) is 0 Å². The van der Waals surface area contributed by atoms with Crippen LogP contribution in [-0.4, -0.2) is 24.3 Å². The van der Waals surface area contributed by atoms with Crippen LogP contribution in [0.15, 0.2) is 18.2 Å². The molecule has 16 heavy (non-hydrogen) atoms. The van der Waals surface area contributed by atoms with E-state index in [1.165, 1.54) is 14.0 Å². The second kappa shape index (κ2) is 5.37. The molecule has 5 heteroatoms. The van der Waals surface area contributed by atoms with E-state index in [-0.39, 0.29) is 0 Å². The van der Waals surface area contributed by atoms with Crippen LogP contribution in [0.25, 0.3) is 0 Å². The van der Waals surface area contributed by atoms with Gasteiger partial charge in [-0.2, -0.15) is 0 Å². The van der Waals surface area contributed by atoms with Crippen LogP contribution < -0.4 is 15.2 Å². The Morgan fingerprint density at radius 2 is 2.19 bits per heavy atom. The van der Waals surface area contributed by atoms with E-state index < -0.39 is 12.1 Å². The molecule has 0 heterocycles. The quantitative estimate of drug-likeness (QED) is 0.781. The van der Waals surface area contributed by atoms with E-state index in [4.69, 9.17) is 20.3 Å². The molecule has 0 aromatic heterocycles. The van der Waals surface area contributed by atoms with Crippen LogP contribution in [0.1, 0.15) is 12.5 Å². The zero-order valence-electron chi connectivity index (χ0n) is 9.27. The monoisotopic (exact) mass is 225 g/mol. The summed E-state index contributed by atoms with van der Waals surface area (Å²) >= 11 is 0. The van der Waals surface area contributed by atoms with Gasteiger partial charge in [-0.25, -0.2) is 4.79 Å². The Hall–Kier alpha value is -1.75. The first kappa shape index (κ1) is 12.3. The summed E-state index contributed by atoms with van der Waals surface area (Å²) in [7, 11) is 1.50. The van der Waals surface area contributed by atoms with Gasteiger partial charge < -0.3 is 20.3 Å². The number of ether oxygens (including phenoxy) is 2. The lowest BCUT2D eigenvalue weighted by molar-refractivity contribution is -0.144. The number of carboxylic acids is 1. The van der Waals surface area contributed by atoms with Gasteiger partial charge in [0, 0.05) is 6.54 Å². The van der Waals surface area contributed by atoms with Crippen LogP contribution in [-0.2, 0) is 11.3 Å². The predicted octanol–water partition coefficient (Wildman–Crippen LogP) is 1.01. The predicted molar refractivity (Wildman–Crippen MR) is 58.6 cm³/mol. The maximum Gasteiger partial charge on any atom is 0.344 e. The number of benzene rings is 1. The number of hydrogen-bond acceptors (Lipinski definition) is 4. The highest BCUT2D eigenvalue weighted by molar-refractivity contribution is 5.72. The van der Waals surface area contributed by atoms with Gasteiger partial charge in [-0.1, -0.05) is 6.07 Å². The Morgan fingerprint density at radius 3 is 2.69 bits per heavy atom. The van der Waals surface area contributed by atoms with Crippen LogP contribution in [0, 0.1) is 0 Å². The summed E-state index contributed by atoms with van der Waals surface area (Å²) in [6, 6.07) is 5.18. The van der Waals surface area contributed by atoms with Gasteiger partial charge in [0.2, 0.25) is 0 Å². The topological polar surface area (TPSA) is 81.8 Å². The maximum atomic E-state index is 10.7. The zero-order valence-corrected chi connectivity index (χ0v) is 9.27. The minimum atomic E-state index is -1.03. The molecule has 88 valence electrons. The Balaban J connectivity index is 2.95. The van der Waals surface area contributed by atoms with Gasteiger partial charge in [0.15, 0.2) is 17.6 Å². The number of carbonyl (C=O) groups is 1. The molecule has 0 amide bonds. The van der Waals surface area contributed by atoms with Crippen molar-refractivity contribution in [3.8, 4) is 11.5 Å². The van der Waals surface area contributed by atoms with Crippen molar-refractivity contribution in [2.75, 3.05) is 7.11 Å². The SMILES string of the molecule is COc1ccc(CN)cc1OC(C)C(=O)O. The van der Waals surface area contributed by atoms with Crippen LogP contribution >= 0.6 is 0 Å². The average Bonchev–Trinajstić information content (AvgIpc) is 2.28. The number of carboxylic acid groups (broad SMARTS) is 1. The molecule has 3 N–H and O–H groups in total. The first-order chi connectivity index (χ1) is 7.58. The summed E-state index contributed by atoms with van der Waals surface area (Å²) in [5.41, 5.74) is 6.34. The van der Waals surface area contributed by atoms with Crippen molar-refractivity contribution in [3.63, 3.8) is 0 Å². The van der Waals surface area contributed by atoms with Gasteiger partial charge in [0.25, 0.3) is 0 Å². The van der Waals surface area contributed by atoms with Gasteiger partial charge >= 0.3 is 5.97 Å². The molecule has 0 aliphatic rings. The lowest BCUT2D eigenvalue weighted by Gasteiger charge is -2.14. The van der Waals surface area contributed by atoms with Crippen molar-refractivity contribution >= 4 is 5.97 Å². The largest absolute Gasteiger partial charge is 0.493 e. The first-order valence-electron chi connectivity index (χ1n) is 4.85. The van der Waals surface area contributed by atoms with E-state index in [1.54, 1.807) is 18.2 Å². The minimum Gasteiger partial charge on any atom is -0.493 e. The average molecular weight is 225 g/mol. The van der Waals surface area contributed by atoms with E-state index in [9.17, 15) is 4.79 Å². The van der Waals surface area contributed by atoms with Crippen LogP contribution in [0.2, 0.25) is 0 Å².